The number of carbonyl (C=O) groups is 1. The predicted molar refractivity (Wildman–Crippen MR) is 118 cm³/mol. The van der Waals surface area contributed by atoms with E-state index in [0.29, 0.717) is 11.3 Å². The van der Waals surface area contributed by atoms with Crippen LogP contribution in [0.15, 0.2) is 59.7 Å². The van der Waals surface area contributed by atoms with Crippen LogP contribution in [-0.4, -0.2) is 24.6 Å². The van der Waals surface area contributed by atoms with Crippen LogP contribution in [0.1, 0.15) is 17.3 Å². The second-order valence-electron chi connectivity index (χ2n) is 7.20. The van der Waals surface area contributed by atoms with Gasteiger partial charge in [0.05, 0.1) is 10.6 Å². The summed E-state index contributed by atoms with van der Waals surface area (Å²) in [5.41, 5.74) is 4.06. The highest BCUT2D eigenvalue weighted by atomic mass is 28.3. The molecule has 0 aromatic heterocycles. The van der Waals surface area contributed by atoms with Gasteiger partial charge >= 0.3 is 0 Å². The Morgan fingerprint density at radius 2 is 1.76 bits per heavy atom. The third-order valence-electron chi connectivity index (χ3n) is 3.49. The second kappa shape index (κ2) is 9.49. The van der Waals surface area contributed by atoms with Crippen LogP contribution in [0.3, 0.4) is 0 Å². The third kappa shape index (κ3) is 6.76. The van der Waals surface area contributed by atoms with Crippen molar-refractivity contribution in [2.75, 3.05) is 5.01 Å². The van der Waals surface area contributed by atoms with E-state index in [-0.39, 0.29) is 11.4 Å². The van der Waals surface area contributed by atoms with Gasteiger partial charge in [-0.3, -0.25) is 14.9 Å². The van der Waals surface area contributed by atoms with Crippen LogP contribution in [0.25, 0.3) is 0 Å². The van der Waals surface area contributed by atoms with E-state index in [1.807, 2.05) is 0 Å². The maximum atomic E-state index is 13.0. The van der Waals surface area contributed by atoms with Gasteiger partial charge in [-0.25, -0.2) is 0 Å². The largest absolute Gasteiger partial charge is 0.278 e. The molecular formula is C22H21N3O3Si. The summed E-state index contributed by atoms with van der Waals surface area (Å²) in [7, 11) is -1.52. The van der Waals surface area contributed by atoms with Gasteiger partial charge in [-0.15, -0.1) is 5.54 Å². The van der Waals surface area contributed by atoms with E-state index < -0.39 is 18.9 Å². The zero-order valence-corrected chi connectivity index (χ0v) is 17.8. The van der Waals surface area contributed by atoms with E-state index in [4.69, 9.17) is 0 Å². The molecule has 0 heterocycles. The number of benzene rings is 2. The molecule has 7 heteroatoms. The molecule has 0 aliphatic rings. The van der Waals surface area contributed by atoms with Crippen molar-refractivity contribution in [3.05, 3.63) is 70.3 Å². The summed E-state index contributed by atoms with van der Waals surface area (Å²) < 4.78 is 0. The molecule has 0 fully saturated rings. The number of non-ortho nitro benzene ring substituents is 1. The van der Waals surface area contributed by atoms with Gasteiger partial charge < -0.3 is 0 Å². The van der Waals surface area contributed by atoms with Crippen molar-refractivity contribution in [3.63, 3.8) is 0 Å². The summed E-state index contributed by atoms with van der Waals surface area (Å²) in [6.07, 6.45) is 0. The molecule has 0 aliphatic carbocycles. The molecule has 6 nitrogen and oxygen atoms in total. The van der Waals surface area contributed by atoms with Crippen LogP contribution >= 0.6 is 0 Å². The molecule has 0 atom stereocenters. The summed E-state index contributed by atoms with van der Waals surface area (Å²) in [5.74, 6) is 7.99. The number of nitro groups is 1. The summed E-state index contributed by atoms with van der Waals surface area (Å²) in [6.45, 7) is 8.01. The average Bonchev–Trinajstić information content (AvgIpc) is 2.69. The zero-order valence-electron chi connectivity index (χ0n) is 16.8. The lowest BCUT2D eigenvalue weighted by Crippen LogP contribution is -2.26. The number of hydrazone groups is 1. The molecule has 2 rings (SSSR count). The van der Waals surface area contributed by atoms with Crippen molar-refractivity contribution in [2.24, 2.45) is 5.10 Å². The molecule has 0 unspecified atom stereocenters. The lowest BCUT2D eigenvalue weighted by atomic mass is 10.2. The van der Waals surface area contributed by atoms with Gasteiger partial charge in [0.1, 0.15) is 13.8 Å². The van der Waals surface area contributed by atoms with Gasteiger partial charge in [-0.2, -0.15) is 10.1 Å². The maximum Gasteiger partial charge on any atom is 0.278 e. The standard InChI is InChI=1S/C22H21N3O3Si/c1-18(11-8-9-16-29(2,3)4)23-24(22(26)19-12-6-5-7-13-19)20-14-10-15-21(17-20)25(27)28/h5-7,10,12-15,17H,1-4H3/b23-18-. The zero-order chi connectivity index (χ0) is 21.4. The van der Waals surface area contributed by atoms with Crippen LogP contribution in [-0.2, 0) is 0 Å². The van der Waals surface area contributed by atoms with E-state index >= 15 is 0 Å². The van der Waals surface area contributed by atoms with E-state index in [9.17, 15) is 14.9 Å². The molecule has 0 saturated heterocycles. The third-order valence-corrected chi connectivity index (χ3v) is 4.37. The molecule has 146 valence electrons. The first-order valence-corrected chi connectivity index (χ1v) is 12.4. The number of hydrogen-bond donors (Lipinski definition) is 0. The Balaban J connectivity index is 2.46. The first kappa shape index (κ1) is 21.6. The van der Waals surface area contributed by atoms with Gasteiger partial charge in [0.25, 0.3) is 11.6 Å². The Kier molecular flexibility index (Phi) is 7.08. The quantitative estimate of drug-likeness (QED) is 0.248. The fourth-order valence-corrected chi connectivity index (χ4v) is 2.61. The van der Waals surface area contributed by atoms with Crippen molar-refractivity contribution >= 4 is 31.1 Å². The lowest BCUT2D eigenvalue weighted by Gasteiger charge is -2.17. The van der Waals surface area contributed by atoms with Crippen molar-refractivity contribution < 1.29 is 9.72 Å². The van der Waals surface area contributed by atoms with Crippen LogP contribution in [0, 0.1) is 33.4 Å². The van der Waals surface area contributed by atoms with Crippen molar-refractivity contribution in [1.29, 1.82) is 0 Å². The van der Waals surface area contributed by atoms with Gasteiger partial charge in [-0.05, 0) is 42.9 Å². The molecule has 0 saturated carbocycles. The van der Waals surface area contributed by atoms with Crippen molar-refractivity contribution in [2.45, 2.75) is 26.6 Å². The summed E-state index contributed by atoms with van der Waals surface area (Å²) >= 11 is 0. The Hall–Kier alpha value is -3.68. The summed E-state index contributed by atoms with van der Waals surface area (Å²) in [5, 5.41) is 16.6. The highest BCUT2D eigenvalue weighted by Gasteiger charge is 2.19. The Morgan fingerprint density at radius 3 is 2.38 bits per heavy atom. The number of amides is 1. The Bertz CT molecular complexity index is 1070. The van der Waals surface area contributed by atoms with Crippen LogP contribution in [0.2, 0.25) is 19.6 Å². The highest BCUT2D eigenvalue weighted by Crippen LogP contribution is 2.23. The SMILES string of the molecule is C/C(C#CC#C[Si](C)(C)C)=N/N(C(=O)c1ccccc1)c1cccc([N+](=O)[O-])c1. The molecule has 1 amide bonds. The number of rotatable bonds is 4. The van der Waals surface area contributed by atoms with E-state index in [1.54, 1.807) is 43.3 Å². The summed E-state index contributed by atoms with van der Waals surface area (Å²) in [4.78, 5) is 23.6. The number of anilines is 1. The first-order chi connectivity index (χ1) is 13.7. The summed E-state index contributed by atoms with van der Waals surface area (Å²) in [6, 6.07) is 14.3. The minimum absolute atomic E-state index is 0.131. The van der Waals surface area contributed by atoms with Gasteiger partial charge in [0, 0.05) is 17.7 Å². The van der Waals surface area contributed by atoms with Crippen LogP contribution in [0.4, 0.5) is 11.4 Å². The molecule has 0 bridgehead atoms. The molecule has 2 aromatic carbocycles. The normalized spacial score (nSPS) is 10.8. The molecule has 0 spiro atoms. The smallest absolute Gasteiger partial charge is 0.267 e. The Labute approximate surface area is 171 Å². The molecular weight excluding hydrogens is 382 g/mol. The van der Waals surface area contributed by atoms with Crippen LogP contribution in [0.5, 0.6) is 0 Å². The number of nitrogens with zero attached hydrogens (tertiary/aromatic N) is 3. The number of carbonyl (C=O) groups excluding carboxylic acids is 1. The average molecular weight is 404 g/mol. The van der Waals surface area contributed by atoms with E-state index in [0.717, 1.165) is 5.01 Å². The molecule has 2 aromatic rings. The monoisotopic (exact) mass is 403 g/mol. The molecule has 0 aliphatic heterocycles. The predicted octanol–water partition coefficient (Wildman–Crippen LogP) is 4.50. The maximum absolute atomic E-state index is 13.0. The van der Waals surface area contributed by atoms with Gasteiger partial charge in [-0.1, -0.05) is 43.9 Å². The second-order valence-corrected chi connectivity index (χ2v) is 11.9. The Morgan fingerprint density at radius 1 is 1.07 bits per heavy atom. The topological polar surface area (TPSA) is 75.8 Å². The van der Waals surface area contributed by atoms with Crippen molar-refractivity contribution in [1.82, 2.24) is 0 Å². The van der Waals surface area contributed by atoms with Crippen LogP contribution < -0.4 is 5.01 Å². The van der Waals surface area contributed by atoms with Gasteiger partial charge in [0.15, 0.2) is 0 Å². The fraction of sp³-hybridized carbons (Fsp3) is 0.182. The first-order valence-electron chi connectivity index (χ1n) is 8.90. The minimum atomic E-state index is -1.52. The van der Waals surface area contributed by atoms with Gasteiger partial charge in [0.2, 0.25) is 0 Å². The minimum Gasteiger partial charge on any atom is -0.267 e. The van der Waals surface area contributed by atoms with Crippen molar-refractivity contribution in [3.8, 4) is 23.3 Å². The van der Waals surface area contributed by atoms with E-state index in [1.165, 1.54) is 18.2 Å². The lowest BCUT2D eigenvalue weighted by molar-refractivity contribution is -0.384. The fourth-order valence-electron chi connectivity index (χ4n) is 2.18. The van der Waals surface area contributed by atoms with E-state index in [2.05, 4.69) is 48.0 Å². The number of hydrogen-bond acceptors (Lipinski definition) is 4. The number of nitro benzene ring substituents is 1. The highest BCUT2D eigenvalue weighted by molar-refractivity contribution is 6.83. The molecule has 0 radical (unpaired) electrons. The molecule has 29 heavy (non-hydrogen) atoms. The molecule has 0 N–H and O–H groups in total.